The van der Waals surface area contributed by atoms with Gasteiger partial charge in [-0.25, -0.2) is 9.97 Å². The van der Waals surface area contributed by atoms with Crippen LogP contribution in [0.15, 0.2) is 10.7 Å². The molecule has 1 N–H and O–H groups in total. The summed E-state index contributed by atoms with van der Waals surface area (Å²) in [5, 5.41) is 2.62. The summed E-state index contributed by atoms with van der Waals surface area (Å²) in [5.41, 5.74) is -0.134. The minimum atomic E-state index is -0.134. The van der Waals surface area contributed by atoms with E-state index < -0.39 is 0 Å². The molecule has 0 radical (unpaired) electrons. The van der Waals surface area contributed by atoms with Crippen LogP contribution in [-0.4, -0.2) is 36.0 Å². The lowest BCUT2D eigenvalue weighted by Gasteiger charge is -2.24. The Kier molecular flexibility index (Phi) is 5.29. The Morgan fingerprint density at radius 3 is 2.53 bits per heavy atom. The van der Waals surface area contributed by atoms with Crippen LogP contribution in [0.4, 0.5) is 5.82 Å². The Morgan fingerprint density at radius 1 is 1.42 bits per heavy atom. The van der Waals surface area contributed by atoms with Crippen molar-refractivity contribution < 1.29 is 4.79 Å². The number of likely N-dealkylation sites (N-methyl/N-ethyl adjacent to an activating group) is 2. The molecule has 0 fully saturated rings. The fourth-order valence-corrected chi connectivity index (χ4v) is 1.88. The fourth-order valence-electron chi connectivity index (χ4n) is 1.51. The number of nitrogens with zero attached hydrogens (tertiary/aromatic N) is 3. The molecule has 0 saturated carbocycles. The van der Waals surface area contributed by atoms with Crippen LogP contribution in [0.2, 0.25) is 0 Å². The minimum absolute atomic E-state index is 0.0334. The van der Waals surface area contributed by atoms with Gasteiger partial charge < -0.3 is 10.2 Å². The van der Waals surface area contributed by atoms with Crippen LogP contribution in [0.25, 0.3) is 0 Å². The largest absolute Gasteiger partial charge is 0.358 e. The summed E-state index contributed by atoms with van der Waals surface area (Å²) in [6.07, 6.45) is 0. The van der Waals surface area contributed by atoms with Gasteiger partial charge in [-0.3, -0.25) is 4.79 Å². The number of hydrogen-bond donors (Lipinski definition) is 1. The second-order valence-electron chi connectivity index (χ2n) is 5.31. The van der Waals surface area contributed by atoms with Crippen molar-refractivity contribution in [1.29, 1.82) is 0 Å². The second-order valence-corrected chi connectivity index (χ2v) is 6.12. The Hall–Kier alpha value is -1.17. The standard InChI is InChI=1S/C13H21BrN4O/c1-6-18(8-11(19)15-5)10-7-9(14)16-12(17-10)13(2,3)4/h7H,6,8H2,1-5H3,(H,15,19). The predicted octanol–water partition coefficient (Wildman–Crippen LogP) is 2.11. The maximum Gasteiger partial charge on any atom is 0.239 e. The van der Waals surface area contributed by atoms with E-state index in [2.05, 4.69) is 52.0 Å². The molecule has 5 nitrogen and oxygen atoms in total. The molecule has 106 valence electrons. The van der Waals surface area contributed by atoms with Gasteiger partial charge in [-0.15, -0.1) is 0 Å². The number of nitrogens with one attached hydrogen (secondary N) is 1. The zero-order valence-corrected chi connectivity index (χ0v) is 13.7. The number of amides is 1. The van der Waals surface area contributed by atoms with Gasteiger partial charge in [0, 0.05) is 25.1 Å². The Labute approximate surface area is 122 Å². The van der Waals surface area contributed by atoms with E-state index in [1.54, 1.807) is 7.05 Å². The molecule has 1 rings (SSSR count). The SMILES string of the molecule is CCN(CC(=O)NC)c1cc(Br)nc(C(C)(C)C)n1. The van der Waals surface area contributed by atoms with Crippen molar-refractivity contribution in [3.05, 3.63) is 16.5 Å². The van der Waals surface area contributed by atoms with Crippen molar-refractivity contribution in [2.45, 2.75) is 33.1 Å². The molecule has 0 aliphatic heterocycles. The summed E-state index contributed by atoms with van der Waals surface area (Å²) in [7, 11) is 1.63. The number of hydrogen-bond acceptors (Lipinski definition) is 4. The van der Waals surface area contributed by atoms with Crippen molar-refractivity contribution in [2.75, 3.05) is 25.0 Å². The molecule has 1 heterocycles. The number of aromatic nitrogens is 2. The van der Waals surface area contributed by atoms with Crippen molar-refractivity contribution in [1.82, 2.24) is 15.3 Å². The highest BCUT2D eigenvalue weighted by Gasteiger charge is 2.20. The Bertz CT molecular complexity index is 456. The van der Waals surface area contributed by atoms with E-state index >= 15 is 0 Å². The molecule has 0 bridgehead atoms. The number of carbonyl (C=O) groups is 1. The Balaban J connectivity index is 3.10. The van der Waals surface area contributed by atoms with Crippen LogP contribution in [0, 0.1) is 0 Å². The van der Waals surface area contributed by atoms with Gasteiger partial charge in [-0.2, -0.15) is 0 Å². The summed E-state index contributed by atoms with van der Waals surface area (Å²) in [4.78, 5) is 22.4. The lowest BCUT2D eigenvalue weighted by atomic mass is 9.96. The average Bonchev–Trinajstić information content (AvgIpc) is 2.33. The van der Waals surface area contributed by atoms with Gasteiger partial charge >= 0.3 is 0 Å². The third-order valence-electron chi connectivity index (χ3n) is 2.67. The van der Waals surface area contributed by atoms with E-state index in [-0.39, 0.29) is 11.3 Å². The van der Waals surface area contributed by atoms with Gasteiger partial charge in [-0.05, 0) is 22.9 Å². The second kappa shape index (κ2) is 6.32. The predicted molar refractivity (Wildman–Crippen MR) is 80.4 cm³/mol. The summed E-state index contributed by atoms with van der Waals surface area (Å²) in [6.45, 7) is 9.19. The van der Waals surface area contributed by atoms with Crippen LogP contribution >= 0.6 is 15.9 Å². The van der Waals surface area contributed by atoms with Gasteiger partial charge in [0.15, 0.2) is 0 Å². The highest BCUT2D eigenvalue weighted by molar-refractivity contribution is 9.10. The fraction of sp³-hybridized carbons (Fsp3) is 0.615. The van der Waals surface area contributed by atoms with Gasteiger partial charge in [0.25, 0.3) is 0 Å². The third kappa shape index (κ3) is 4.45. The molecular formula is C13H21BrN4O. The molecular weight excluding hydrogens is 308 g/mol. The van der Waals surface area contributed by atoms with Crippen molar-refractivity contribution in [3.8, 4) is 0 Å². The lowest BCUT2D eigenvalue weighted by molar-refractivity contribution is -0.119. The van der Waals surface area contributed by atoms with Crippen LogP contribution < -0.4 is 10.2 Å². The van der Waals surface area contributed by atoms with E-state index in [0.717, 1.165) is 16.2 Å². The van der Waals surface area contributed by atoms with Gasteiger partial charge in [0.1, 0.15) is 16.2 Å². The normalized spacial score (nSPS) is 11.3. The molecule has 0 aromatic carbocycles. The summed E-state index contributed by atoms with van der Waals surface area (Å²) < 4.78 is 0.734. The van der Waals surface area contributed by atoms with Crippen LogP contribution in [0.3, 0.4) is 0 Å². The first-order valence-electron chi connectivity index (χ1n) is 6.28. The van der Waals surface area contributed by atoms with Gasteiger partial charge in [0.05, 0.1) is 6.54 Å². The molecule has 0 aliphatic carbocycles. The summed E-state index contributed by atoms with van der Waals surface area (Å²) >= 11 is 3.41. The molecule has 1 amide bonds. The smallest absolute Gasteiger partial charge is 0.239 e. The number of halogens is 1. The summed E-state index contributed by atoms with van der Waals surface area (Å²) in [6, 6.07) is 1.84. The Morgan fingerprint density at radius 2 is 2.05 bits per heavy atom. The molecule has 0 aliphatic rings. The van der Waals surface area contributed by atoms with Crippen LogP contribution in [-0.2, 0) is 10.2 Å². The first-order valence-corrected chi connectivity index (χ1v) is 7.07. The third-order valence-corrected chi connectivity index (χ3v) is 3.08. The molecule has 1 aromatic heterocycles. The number of carbonyl (C=O) groups excluding carboxylic acids is 1. The van der Waals surface area contributed by atoms with E-state index in [0.29, 0.717) is 13.1 Å². The number of anilines is 1. The highest BCUT2D eigenvalue weighted by atomic mass is 79.9. The first kappa shape index (κ1) is 15.9. The van der Waals surface area contributed by atoms with E-state index in [4.69, 9.17) is 0 Å². The monoisotopic (exact) mass is 328 g/mol. The van der Waals surface area contributed by atoms with Gasteiger partial charge in [-0.1, -0.05) is 20.8 Å². The average molecular weight is 329 g/mol. The van der Waals surface area contributed by atoms with E-state index in [1.807, 2.05) is 17.9 Å². The zero-order valence-electron chi connectivity index (χ0n) is 12.1. The summed E-state index contributed by atoms with van der Waals surface area (Å²) in [5.74, 6) is 1.49. The van der Waals surface area contributed by atoms with Gasteiger partial charge in [0.2, 0.25) is 5.91 Å². The molecule has 0 atom stereocenters. The quantitative estimate of drug-likeness (QED) is 0.860. The maximum absolute atomic E-state index is 11.5. The molecule has 0 saturated heterocycles. The maximum atomic E-state index is 11.5. The van der Waals surface area contributed by atoms with Crippen molar-refractivity contribution in [3.63, 3.8) is 0 Å². The van der Waals surface area contributed by atoms with E-state index in [9.17, 15) is 4.79 Å². The zero-order chi connectivity index (χ0) is 14.6. The molecule has 1 aromatic rings. The molecule has 6 heteroatoms. The van der Waals surface area contributed by atoms with Crippen LogP contribution in [0.1, 0.15) is 33.5 Å². The minimum Gasteiger partial charge on any atom is -0.358 e. The highest BCUT2D eigenvalue weighted by Crippen LogP contribution is 2.24. The number of rotatable bonds is 4. The lowest BCUT2D eigenvalue weighted by Crippen LogP contribution is -2.36. The molecule has 0 spiro atoms. The van der Waals surface area contributed by atoms with Crippen molar-refractivity contribution in [2.24, 2.45) is 0 Å². The van der Waals surface area contributed by atoms with E-state index in [1.165, 1.54) is 0 Å². The first-order chi connectivity index (χ1) is 8.77. The van der Waals surface area contributed by atoms with Crippen LogP contribution in [0.5, 0.6) is 0 Å². The molecule has 0 unspecified atom stereocenters. The van der Waals surface area contributed by atoms with Crippen molar-refractivity contribution >= 4 is 27.7 Å². The molecule has 19 heavy (non-hydrogen) atoms. The topological polar surface area (TPSA) is 58.1 Å².